The van der Waals surface area contributed by atoms with Crippen LogP contribution in [0, 0.1) is 0 Å². The molecule has 0 saturated heterocycles. The van der Waals surface area contributed by atoms with E-state index in [4.69, 9.17) is 9.47 Å². The molecule has 0 spiro atoms. The van der Waals surface area contributed by atoms with Gasteiger partial charge in [0.05, 0.1) is 12.7 Å². The maximum absolute atomic E-state index is 12.6. The second-order valence-corrected chi connectivity index (χ2v) is 7.89. The lowest BCUT2D eigenvalue weighted by Gasteiger charge is -2.14. The summed E-state index contributed by atoms with van der Waals surface area (Å²) in [6, 6.07) is 18.6. The van der Waals surface area contributed by atoms with Gasteiger partial charge in [-0.25, -0.2) is 4.79 Å². The lowest BCUT2D eigenvalue weighted by molar-refractivity contribution is -0.122. The van der Waals surface area contributed by atoms with Crippen LogP contribution in [0.15, 0.2) is 65.1 Å². The largest absolute Gasteiger partial charge is 0.481 e. The predicted molar refractivity (Wildman–Crippen MR) is 114 cm³/mol. The number of halogens is 1. The molecule has 1 N–H and O–H groups in total. The zero-order chi connectivity index (χ0) is 20.1. The Morgan fingerprint density at radius 1 is 1.07 bits per heavy atom. The molecule has 3 aromatic rings. The summed E-state index contributed by atoms with van der Waals surface area (Å²) in [6.07, 6.45) is -0.748. The van der Waals surface area contributed by atoms with E-state index in [2.05, 4.69) is 21.2 Å². The molecule has 0 radical (unpaired) electrons. The molecule has 0 saturated carbocycles. The molecule has 3 rings (SSSR count). The molecule has 1 aromatic heterocycles. The fourth-order valence-electron chi connectivity index (χ4n) is 2.50. The predicted octanol–water partition coefficient (Wildman–Crippen LogP) is 5.37. The van der Waals surface area contributed by atoms with E-state index >= 15 is 0 Å². The summed E-state index contributed by atoms with van der Waals surface area (Å²) < 4.78 is 11.4. The summed E-state index contributed by atoms with van der Waals surface area (Å²) in [5, 5.41) is 3.22. The highest BCUT2D eigenvalue weighted by atomic mass is 79.9. The highest BCUT2D eigenvalue weighted by molar-refractivity contribution is 9.10. The molecule has 144 valence electrons. The van der Waals surface area contributed by atoms with Crippen molar-refractivity contribution < 1.29 is 19.1 Å². The number of ether oxygens (including phenoxy) is 2. The minimum atomic E-state index is -0.748. The third-order valence-electron chi connectivity index (χ3n) is 3.91. The molecule has 1 atom stereocenters. The Kier molecular flexibility index (Phi) is 6.49. The topological polar surface area (TPSA) is 64.6 Å². The van der Waals surface area contributed by atoms with Crippen LogP contribution in [-0.2, 0) is 9.53 Å². The van der Waals surface area contributed by atoms with E-state index in [1.165, 1.54) is 18.4 Å². The molecule has 0 aliphatic heterocycles. The first-order chi connectivity index (χ1) is 13.5. The number of benzene rings is 2. The molecule has 0 fully saturated rings. The van der Waals surface area contributed by atoms with Gasteiger partial charge in [-0.05, 0) is 36.8 Å². The van der Waals surface area contributed by atoms with Crippen molar-refractivity contribution in [3.05, 3.63) is 70.7 Å². The molecule has 0 aliphatic carbocycles. The fraction of sp³-hybridized carbons (Fsp3) is 0.143. The van der Waals surface area contributed by atoms with E-state index in [9.17, 15) is 9.59 Å². The summed E-state index contributed by atoms with van der Waals surface area (Å²) in [6.45, 7) is 1.65. The summed E-state index contributed by atoms with van der Waals surface area (Å²) >= 11 is 4.69. The average molecular weight is 460 g/mol. The molecule has 0 unspecified atom stereocenters. The number of rotatable bonds is 6. The molecule has 0 aliphatic rings. The third-order valence-corrected chi connectivity index (χ3v) is 5.50. The molecular formula is C21H18BrNO4S. The minimum absolute atomic E-state index is 0.314. The first-order valence-corrected chi connectivity index (χ1v) is 10.1. The van der Waals surface area contributed by atoms with Gasteiger partial charge in [-0.2, -0.15) is 0 Å². The Bertz CT molecular complexity index is 987. The zero-order valence-corrected chi connectivity index (χ0v) is 17.7. The van der Waals surface area contributed by atoms with Gasteiger partial charge in [-0.1, -0.05) is 52.3 Å². The smallest absolute Gasteiger partial charge is 0.340 e. The number of anilines is 1. The standard InChI is InChI=1S/C21H18BrNO4S/c1-13(27-16-10-6-9-15(22)11-16)19(24)23-20-17(21(25)26-2)12-18(28-20)14-7-4-3-5-8-14/h3-13H,1-2H3,(H,23,24)/t13-/m0/s1. The SMILES string of the molecule is COC(=O)c1cc(-c2ccccc2)sc1NC(=O)[C@H](C)Oc1cccc(Br)c1. The first kappa shape index (κ1) is 20.1. The monoisotopic (exact) mass is 459 g/mol. The van der Waals surface area contributed by atoms with Crippen LogP contribution in [-0.4, -0.2) is 25.1 Å². The Morgan fingerprint density at radius 3 is 2.50 bits per heavy atom. The molecular weight excluding hydrogens is 442 g/mol. The van der Waals surface area contributed by atoms with E-state index in [1.807, 2.05) is 42.5 Å². The lowest BCUT2D eigenvalue weighted by atomic mass is 10.1. The maximum Gasteiger partial charge on any atom is 0.340 e. The molecule has 28 heavy (non-hydrogen) atoms. The molecule has 7 heteroatoms. The van der Waals surface area contributed by atoms with Crippen molar-refractivity contribution in [1.29, 1.82) is 0 Å². The van der Waals surface area contributed by atoms with Gasteiger partial charge >= 0.3 is 5.97 Å². The van der Waals surface area contributed by atoms with Crippen molar-refractivity contribution in [1.82, 2.24) is 0 Å². The summed E-state index contributed by atoms with van der Waals surface area (Å²) in [4.78, 5) is 25.6. The number of thiophene rings is 1. The van der Waals surface area contributed by atoms with Crippen LogP contribution in [0.4, 0.5) is 5.00 Å². The molecule has 2 aromatic carbocycles. The Hall–Kier alpha value is -2.64. The molecule has 1 heterocycles. The summed E-state index contributed by atoms with van der Waals surface area (Å²) in [7, 11) is 1.31. The van der Waals surface area contributed by atoms with E-state index in [0.29, 0.717) is 16.3 Å². The second-order valence-electron chi connectivity index (χ2n) is 5.92. The van der Waals surface area contributed by atoms with Gasteiger partial charge in [0.1, 0.15) is 10.8 Å². The van der Waals surface area contributed by atoms with E-state index < -0.39 is 12.1 Å². The van der Waals surface area contributed by atoms with Crippen LogP contribution < -0.4 is 10.1 Å². The summed E-state index contributed by atoms with van der Waals surface area (Å²) in [5.74, 6) is -0.290. The van der Waals surface area contributed by atoms with Gasteiger partial charge in [0.15, 0.2) is 6.10 Å². The highest BCUT2D eigenvalue weighted by Gasteiger charge is 2.22. The van der Waals surface area contributed by atoms with Gasteiger partial charge in [-0.15, -0.1) is 11.3 Å². The van der Waals surface area contributed by atoms with Gasteiger partial charge in [0.25, 0.3) is 5.91 Å². The van der Waals surface area contributed by atoms with E-state index in [0.717, 1.165) is 14.9 Å². The van der Waals surface area contributed by atoms with Crippen LogP contribution in [0.25, 0.3) is 10.4 Å². The number of hydrogen-bond donors (Lipinski definition) is 1. The number of carbonyl (C=O) groups excluding carboxylic acids is 2. The van der Waals surface area contributed by atoms with Crippen molar-refractivity contribution in [2.24, 2.45) is 0 Å². The minimum Gasteiger partial charge on any atom is -0.481 e. The van der Waals surface area contributed by atoms with E-state index in [1.54, 1.807) is 25.1 Å². The molecule has 5 nitrogen and oxygen atoms in total. The van der Waals surface area contributed by atoms with Gasteiger partial charge in [0, 0.05) is 9.35 Å². The first-order valence-electron chi connectivity index (χ1n) is 8.48. The Morgan fingerprint density at radius 2 is 1.82 bits per heavy atom. The van der Waals surface area contributed by atoms with Crippen molar-refractivity contribution in [2.75, 3.05) is 12.4 Å². The average Bonchev–Trinajstić information content (AvgIpc) is 3.12. The van der Waals surface area contributed by atoms with Crippen LogP contribution >= 0.6 is 27.3 Å². The Balaban J connectivity index is 1.80. The van der Waals surface area contributed by atoms with Crippen molar-refractivity contribution in [2.45, 2.75) is 13.0 Å². The number of esters is 1. The zero-order valence-electron chi connectivity index (χ0n) is 15.3. The van der Waals surface area contributed by atoms with Gasteiger partial charge in [-0.3, -0.25) is 4.79 Å². The van der Waals surface area contributed by atoms with Crippen molar-refractivity contribution >= 4 is 44.1 Å². The molecule has 0 bridgehead atoms. The van der Waals surface area contributed by atoms with Gasteiger partial charge in [0.2, 0.25) is 0 Å². The van der Waals surface area contributed by atoms with Crippen LogP contribution in [0.5, 0.6) is 5.75 Å². The second kappa shape index (κ2) is 9.03. The maximum atomic E-state index is 12.6. The normalized spacial score (nSPS) is 11.5. The van der Waals surface area contributed by atoms with Crippen LogP contribution in [0.3, 0.4) is 0 Å². The van der Waals surface area contributed by atoms with Crippen LogP contribution in [0.1, 0.15) is 17.3 Å². The quantitative estimate of drug-likeness (QED) is 0.503. The van der Waals surface area contributed by atoms with Crippen LogP contribution in [0.2, 0.25) is 0 Å². The molecule has 1 amide bonds. The lowest BCUT2D eigenvalue weighted by Crippen LogP contribution is -2.30. The van der Waals surface area contributed by atoms with Gasteiger partial charge < -0.3 is 14.8 Å². The number of amides is 1. The number of hydrogen-bond acceptors (Lipinski definition) is 5. The van der Waals surface area contributed by atoms with E-state index in [-0.39, 0.29) is 5.91 Å². The third kappa shape index (κ3) is 4.79. The Labute approximate surface area is 175 Å². The number of nitrogens with one attached hydrogen (secondary N) is 1. The van der Waals surface area contributed by atoms with Crippen molar-refractivity contribution in [3.63, 3.8) is 0 Å². The van der Waals surface area contributed by atoms with Crippen molar-refractivity contribution in [3.8, 4) is 16.2 Å². The fourth-order valence-corrected chi connectivity index (χ4v) is 3.93. The number of methoxy groups -OCH3 is 1. The summed E-state index contributed by atoms with van der Waals surface area (Å²) in [5.41, 5.74) is 1.27. The highest BCUT2D eigenvalue weighted by Crippen LogP contribution is 2.36. The number of carbonyl (C=O) groups is 2.